The number of hydrogen-bond acceptors (Lipinski definition) is 4. The number of thioether (sulfide) groups is 2. The van der Waals surface area contributed by atoms with Crippen LogP contribution in [0, 0.1) is 0 Å². The molecule has 0 unspecified atom stereocenters. The Kier molecular flexibility index (Phi) is 6.78. The minimum absolute atomic E-state index is 0.156. The van der Waals surface area contributed by atoms with Crippen LogP contribution >= 0.6 is 23.5 Å². The van der Waals surface area contributed by atoms with Gasteiger partial charge >= 0.3 is 0 Å². The van der Waals surface area contributed by atoms with Crippen molar-refractivity contribution in [3.05, 3.63) is 70.1 Å². The van der Waals surface area contributed by atoms with Crippen LogP contribution < -0.4 is 4.74 Å². The smallest absolute Gasteiger partial charge is 0.285 e. The Bertz CT molecular complexity index is 911. The van der Waals surface area contributed by atoms with E-state index in [1.807, 2.05) is 36.6 Å². The second-order valence-electron chi connectivity index (χ2n) is 7.43. The number of carbonyl (C=O) groups excluding carboxylic acids is 1. The predicted octanol–water partition coefficient (Wildman–Crippen LogP) is 6.65. The van der Waals surface area contributed by atoms with E-state index in [9.17, 15) is 4.79 Å². The Labute approximate surface area is 181 Å². The molecule has 1 fully saturated rings. The molecule has 0 atom stereocenters. The van der Waals surface area contributed by atoms with Crippen molar-refractivity contribution in [3.8, 4) is 5.75 Å². The van der Waals surface area contributed by atoms with Gasteiger partial charge < -0.3 is 4.74 Å². The van der Waals surface area contributed by atoms with Crippen molar-refractivity contribution in [1.29, 1.82) is 0 Å². The maximum atomic E-state index is 11.9. The van der Waals surface area contributed by atoms with Crippen LogP contribution in [-0.4, -0.2) is 16.5 Å². The second kappa shape index (κ2) is 9.68. The van der Waals surface area contributed by atoms with Crippen LogP contribution in [-0.2, 0) is 11.4 Å². The average molecular weight is 424 g/mol. The van der Waals surface area contributed by atoms with Gasteiger partial charge in [-0.05, 0) is 59.9 Å². The molecule has 0 aromatic heterocycles. The van der Waals surface area contributed by atoms with Gasteiger partial charge in [0.05, 0.1) is 4.91 Å². The minimum atomic E-state index is -0.156. The molecule has 3 nitrogen and oxygen atoms in total. The van der Waals surface area contributed by atoms with E-state index in [4.69, 9.17) is 4.74 Å². The van der Waals surface area contributed by atoms with Crippen LogP contribution in [0.1, 0.15) is 54.7 Å². The van der Waals surface area contributed by atoms with E-state index in [2.05, 4.69) is 29.3 Å². The van der Waals surface area contributed by atoms with Crippen molar-refractivity contribution >= 4 is 39.9 Å². The average Bonchev–Trinajstić information content (AvgIpc) is 3.13. The number of carbonyl (C=O) groups is 1. The van der Waals surface area contributed by atoms with Gasteiger partial charge in [0.1, 0.15) is 16.7 Å². The number of hydrogen-bond donors (Lipinski definition) is 0. The van der Waals surface area contributed by atoms with Crippen molar-refractivity contribution in [2.24, 2.45) is 4.99 Å². The van der Waals surface area contributed by atoms with Gasteiger partial charge in [0, 0.05) is 0 Å². The molecule has 0 radical (unpaired) electrons. The highest BCUT2D eigenvalue weighted by atomic mass is 32.2. The molecule has 0 N–H and O–H groups in total. The molecule has 1 aliphatic carbocycles. The zero-order valence-electron chi connectivity index (χ0n) is 16.6. The fourth-order valence-electron chi connectivity index (χ4n) is 3.78. The molecular weight excluding hydrogens is 398 g/mol. The Morgan fingerprint density at radius 1 is 1.07 bits per heavy atom. The first-order chi connectivity index (χ1) is 14.2. The summed E-state index contributed by atoms with van der Waals surface area (Å²) in [6, 6.07) is 16.8. The summed E-state index contributed by atoms with van der Waals surface area (Å²) in [5.41, 5.74) is 3.63. The first-order valence-electron chi connectivity index (χ1n) is 10.1. The number of nitrogens with zero attached hydrogens (tertiary/aromatic N) is 1. The molecule has 2 aromatic rings. The van der Waals surface area contributed by atoms with Crippen molar-refractivity contribution in [2.75, 3.05) is 6.26 Å². The van der Waals surface area contributed by atoms with E-state index in [0.29, 0.717) is 11.5 Å². The number of rotatable bonds is 5. The number of ether oxygens (including phenoxy) is 1. The van der Waals surface area contributed by atoms with Crippen LogP contribution in [0.2, 0.25) is 0 Å². The summed E-state index contributed by atoms with van der Waals surface area (Å²) in [5, 5.41) is 0. The standard InChI is InChI=1S/C24H25NO2S2/c1-28-24-25-23(26)22(29-24)15-17-9-13-21(14-10-17)27-16-18-7-11-20(12-8-18)19-5-3-2-4-6-19/h7-15,19H,2-6,16H2,1H3/b22-15-. The van der Waals surface area contributed by atoms with Crippen LogP contribution in [0.5, 0.6) is 5.75 Å². The largest absolute Gasteiger partial charge is 0.489 e. The fraction of sp³-hybridized carbons (Fsp3) is 0.333. The lowest BCUT2D eigenvalue weighted by molar-refractivity contribution is -0.113. The Balaban J connectivity index is 1.32. The molecule has 1 aliphatic heterocycles. The lowest BCUT2D eigenvalue weighted by Gasteiger charge is -2.22. The predicted molar refractivity (Wildman–Crippen MR) is 125 cm³/mol. The highest BCUT2D eigenvalue weighted by Gasteiger charge is 2.20. The molecule has 2 aromatic carbocycles. The summed E-state index contributed by atoms with van der Waals surface area (Å²) in [6.45, 7) is 0.560. The summed E-state index contributed by atoms with van der Waals surface area (Å²) < 4.78 is 6.74. The first kappa shape index (κ1) is 20.3. The summed E-state index contributed by atoms with van der Waals surface area (Å²) >= 11 is 2.93. The maximum Gasteiger partial charge on any atom is 0.285 e. The van der Waals surface area contributed by atoms with E-state index >= 15 is 0 Å². The zero-order chi connectivity index (χ0) is 20.1. The minimum Gasteiger partial charge on any atom is -0.489 e. The van der Waals surface area contributed by atoms with Gasteiger partial charge in [0.25, 0.3) is 5.91 Å². The molecule has 5 heteroatoms. The summed E-state index contributed by atoms with van der Waals surface area (Å²) in [5.74, 6) is 1.41. The second-order valence-corrected chi connectivity index (χ2v) is 9.52. The molecule has 1 heterocycles. The maximum absolute atomic E-state index is 11.9. The van der Waals surface area contributed by atoms with E-state index in [0.717, 1.165) is 21.6 Å². The lowest BCUT2D eigenvalue weighted by Crippen LogP contribution is -2.04. The highest BCUT2D eigenvalue weighted by molar-refractivity contribution is 8.40. The molecule has 0 spiro atoms. The Hall–Kier alpha value is -1.98. The normalized spacial score (nSPS) is 18.9. The summed E-state index contributed by atoms with van der Waals surface area (Å²) in [6.07, 6.45) is 10.6. The Morgan fingerprint density at radius 2 is 1.79 bits per heavy atom. The molecular formula is C24H25NO2S2. The molecule has 0 bridgehead atoms. The zero-order valence-corrected chi connectivity index (χ0v) is 18.2. The van der Waals surface area contributed by atoms with Crippen molar-refractivity contribution in [2.45, 2.75) is 44.6 Å². The van der Waals surface area contributed by atoms with Gasteiger partial charge in [-0.25, -0.2) is 0 Å². The monoisotopic (exact) mass is 423 g/mol. The molecule has 150 valence electrons. The topological polar surface area (TPSA) is 38.7 Å². The van der Waals surface area contributed by atoms with Crippen molar-refractivity contribution < 1.29 is 9.53 Å². The van der Waals surface area contributed by atoms with Crippen molar-refractivity contribution in [3.63, 3.8) is 0 Å². The number of amides is 1. The molecule has 1 amide bonds. The summed E-state index contributed by atoms with van der Waals surface area (Å²) in [4.78, 5) is 16.6. The third kappa shape index (κ3) is 5.34. The number of aliphatic imine (C=N–C) groups is 1. The quantitative estimate of drug-likeness (QED) is 0.505. The lowest BCUT2D eigenvalue weighted by atomic mass is 9.84. The molecule has 29 heavy (non-hydrogen) atoms. The van der Waals surface area contributed by atoms with Gasteiger partial charge in [-0.3, -0.25) is 4.79 Å². The molecule has 0 saturated heterocycles. The van der Waals surface area contributed by atoms with Gasteiger partial charge in [-0.15, -0.1) is 11.8 Å². The SMILES string of the molecule is CSC1=NC(=O)/C(=C/c2ccc(OCc3ccc(C4CCCCC4)cc3)cc2)S1. The number of benzene rings is 2. The Morgan fingerprint density at radius 3 is 2.45 bits per heavy atom. The van der Waals surface area contributed by atoms with Crippen LogP contribution in [0.25, 0.3) is 6.08 Å². The summed E-state index contributed by atoms with van der Waals surface area (Å²) in [7, 11) is 0. The van der Waals surface area contributed by atoms with Crippen LogP contribution in [0.4, 0.5) is 0 Å². The van der Waals surface area contributed by atoms with E-state index in [1.165, 1.54) is 66.8 Å². The third-order valence-electron chi connectivity index (χ3n) is 5.42. The van der Waals surface area contributed by atoms with E-state index in [1.54, 1.807) is 0 Å². The molecule has 4 rings (SSSR count). The van der Waals surface area contributed by atoms with Gasteiger partial charge in [-0.1, -0.05) is 67.4 Å². The van der Waals surface area contributed by atoms with E-state index < -0.39 is 0 Å². The van der Waals surface area contributed by atoms with E-state index in [-0.39, 0.29) is 5.91 Å². The molecule has 2 aliphatic rings. The highest BCUT2D eigenvalue weighted by Crippen LogP contribution is 2.33. The van der Waals surface area contributed by atoms with Gasteiger partial charge in [0.15, 0.2) is 0 Å². The van der Waals surface area contributed by atoms with Crippen LogP contribution in [0.3, 0.4) is 0 Å². The third-order valence-corrected chi connectivity index (χ3v) is 7.38. The first-order valence-corrected chi connectivity index (χ1v) is 12.1. The fourth-order valence-corrected chi connectivity index (χ4v) is 5.20. The molecule has 1 saturated carbocycles. The van der Waals surface area contributed by atoms with Crippen LogP contribution in [0.15, 0.2) is 58.4 Å². The van der Waals surface area contributed by atoms with Crippen molar-refractivity contribution in [1.82, 2.24) is 0 Å². The van der Waals surface area contributed by atoms with Gasteiger partial charge in [0.2, 0.25) is 0 Å². The van der Waals surface area contributed by atoms with Gasteiger partial charge in [-0.2, -0.15) is 4.99 Å².